The molecule has 0 aliphatic rings. The number of alkyl halides is 3. The molecule has 0 saturated carbocycles. The topological polar surface area (TPSA) is 31.9 Å². The third-order valence-corrected chi connectivity index (χ3v) is 4.78. The Kier molecular flexibility index (Phi) is 4.82. The lowest BCUT2D eigenvalue weighted by Crippen LogP contribution is -2.33. The van der Waals surface area contributed by atoms with Crippen LogP contribution in [-0.4, -0.2) is 34.6 Å². The van der Waals surface area contributed by atoms with Crippen molar-refractivity contribution in [2.24, 2.45) is 0 Å². The van der Waals surface area contributed by atoms with Gasteiger partial charge in [0, 0.05) is 0 Å². The molecule has 0 spiro atoms. The first kappa shape index (κ1) is 16.9. The number of nitrogens with zero attached hydrogens (tertiary/aromatic N) is 2. The van der Waals surface area contributed by atoms with Crippen LogP contribution < -0.4 is 0 Å². The average Bonchev–Trinajstić information content (AvgIpc) is 2.94. The second-order valence-corrected chi connectivity index (χ2v) is 6.54. The molecule has 1 atom stereocenters. The molecule has 2 aromatic carbocycles. The van der Waals surface area contributed by atoms with Crippen LogP contribution >= 0.6 is 11.8 Å². The lowest BCUT2D eigenvalue weighted by molar-refractivity contribution is -0.144. The average molecular weight is 351 g/mol. The number of rotatable bonds is 5. The van der Waals surface area contributed by atoms with Crippen LogP contribution in [0.15, 0.2) is 59.8 Å². The van der Waals surface area contributed by atoms with Gasteiger partial charge in [0.1, 0.15) is 0 Å². The van der Waals surface area contributed by atoms with Gasteiger partial charge in [-0.1, -0.05) is 54.2 Å². The highest BCUT2D eigenvalue weighted by Gasteiger charge is 2.33. The third kappa shape index (κ3) is 4.10. The largest absolute Gasteiger partial charge is 0.401 e. The van der Waals surface area contributed by atoms with Crippen molar-refractivity contribution in [3.8, 4) is 0 Å². The zero-order chi connectivity index (χ0) is 17.2. The van der Waals surface area contributed by atoms with Crippen molar-refractivity contribution in [3.05, 3.63) is 60.2 Å². The molecule has 1 aromatic heterocycles. The van der Waals surface area contributed by atoms with E-state index >= 15 is 0 Å². The number of fused-ring (bicyclic) bond motifs is 1. The van der Waals surface area contributed by atoms with E-state index in [2.05, 4.69) is 9.97 Å². The van der Waals surface area contributed by atoms with Crippen LogP contribution in [0.1, 0.15) is 10.9 Å². The SMILES string of the molecule is CN(CC(F)(F)F)C(Sc1nc2ccccc2[nH]1)c1ccccc1. The molecule has 0 bridgehead atoms. The summed E-state index contributed by atoms with van der Waals surface area (Å²) in [5, 5.41) is 0.104. The minimum Gasteiger partial charge on any atom is -0.333 e. The van der Waals surface area contributed by atoms with Crippen LogP contribution in [-0.2, 0) is 0 Å². The molecule has 3 aromatic rings. The molecule has 1 unspecified atom stereocenters. The van der Waals surface area contributed by atoms with Gasteiger partial charge in [-0.25, -0.2) is 4.98 Å². The van der Waals surface area contributed by atoms with Crippen LogP contribution in [0.2, 0.25) is 0 Å². The number of nitrogens with one attached hydrogen (secondary N) is 1. The van der Waals surface area contributed by atoms with E-state index in [1.807, 2.05) is 54.6 Å². The first-order chi connectivity index (χ1) is 11.4. The molecule has 3 rings (SSSR count). The minimum absolute atomic E-state index is 0.492. The van der Waals surface area contributed by atoms with Crippen molar-refractivity contribution < 1.29 is 13.2 Å². The van der Waals surface area contributed by atoms with Crippen LogP contribution in [0.25, 0.3) is 11.0 Å². The summed E-state index contributed by atoms with van der Waals surface area (Å²) in [6, 6.07) is 16.7. The zero-order valence-corrected chi connectivity index (χ0v) is 13.7. The molecule has 24 heavy (non-hydrogen) atoms. The zero-order valence-electron chi connectivity index (χ0n) is 12.9. The highest BCUT2D eigenvalue weighted by molar-refractivity contribution is 7.99. The van der Waals surface area contributed by atoms with E-state index in [-0.39, 0.29) is 0 Å². The molecule has 1 heterocycles. The van der Waals surface area contributed by atoms with Gasteiger partial charge < -0.3 is 4.98 Å². The van der Waals surface area contributed by atoms with Crippen molar-refractivity contribution in [1.82, 2.24) is 14.9 Å². The molecule has 1 N–H and O–H groups in total. The van der Waals surface area contributed by atoms with E-state index in [1.165, 1.54) is 23.7 Å². The standard InChI is InChI=1S/C17H16F3N3S/c1-23(11-17(18,19)20)15(12-7-3-2-4-8-12)24-16-21-13-9-5-6-10-14(13)22-16/h2-10,15H,11H2,1H3,(H,21,22). The summed E-state index contributed by atoms with van der Waals surface area (Å²) in [7, 11) is 1.47. The second kappa shape index (κ2) is 6.86. The smallest absolute Gasteiger partial charge is 0.333 e. The van der Waals surface area contributed by atoms with Gasteiger partial charge in [-0.15, -0.1) is 0 Å². The third-order valence-electron chi connectivity index (χ3n) is 3.50. The van der Waals surface area contributed by atoms with Gasteiger partial charge in [0.2, 0.25) is 0 Å². The van der Waals surface area contributed by atoms with Gasteiger partial charge in [-0.3, -0.25) is 4.90 Å². The molecule has 0 aliphatic heterocycles. The van der Waals surface area contributed by atoms with E-state index in [9.17, 15) is 13.2 Å². The van der Waals surface area contributed by atoms with E-state index < -0.39 is 18.1 Å². The van der Waals surface area contributed by atoms with Gasteiger partial charge in [-0.2, -0.15) is 13.2 Å². The highest BCUT2D eigenvalue weighted by Crippen LogP contribution is 2.37. The molecule has 0 saturated heterocycles. The number of hydrogen-bond acceptors (Lipinski definition) is 3. The summed E-state index contributed by atoms with van der Waals surface area (Å²) in [6.45, 7) is -0.986. The Labute approximate surface area is 141 Å². The van der Waals surface area contributed by atoms with Crippen molar-refractivity contribution in [2.75, 3.05) is 13.6 Å². The van der Waals surface area contributed by atoms with Crippen LogP contribution in [0.4, 0.5) is 13.2 Å². The van der Waals surface area contributed by atoms with Gasteiger partial charge in [-0.05, 0) is 24.7 Å². The summed E-state index contributed by atoms with van der Waals surface area (Å²) in [6.07, 6.45) is -4.25. The Balaban J connectivity index is 1.89. The van der Waals surface area contributed by atoms with Gasteiger partial charge >= 0.3 is 6.18 Å². The van der Waals surface area contributed by atoms with Crippen molar-refractivity contribution in [1.29, 1.82) is 0 Å². The Morgan fingerprint density at radius 2 is 1.75 bits per heavy atom. The number of halogens is 3. The quantitative estimate of drug-likeness (QED) is 0.527. The fourth-order valence-electron chi connectivity index (χ4n) is 2.49. The maximum absolute atomic E-state index is 12.8. The molecule has 0 fully saturated rings. The molecule has 126 valence electrons. The number of H-pyrrole nitrogens is 1. The maximum Gasteiger partial charge on any atom is 0.401 e. The lowest BCUT2D eigenvalue weighted by atomic mass is 10.2. The minimum atomic E-state index is -4.25. The van der Waals surface area contributed by atoms with E-state index in [0.717, 1.165) is 16.6 Å². The number of aromatic amines is 1. The van der Waals surface area contributed by atoms with Crippen LogP contribution in [0.3, 0.4) is 0 Å². The summed E-state index contributed by atoms with van der Waals surface area (Å²) < 4.78 is 38.4. The Morgan fingerprint density at radius 1 is 1.08 bits per heavy atom. The van der Waals surface area contributed by atoms with E-state index in [4.69, 9.17) is 0 Å². The van der Waals surface area contributed by atoms with Gasteiger partial charge in [0.15, 0.2) is 5.16 Å². The predicted octanol–water partition coefficient (Wildman–Crippen LogP) is 4.85. The normalized spacial score (nSPS) is 13.5. The Morgan fingerprint density at radius 3 is 2.42 bits per heavy atom. The van der Waals surface area contributed by atoms with Crippen molar-refractivity contribution in [2.45, 2.75) is 16.7 Å². The molecule has 0 radical (unpaired) electrons. The monoisotopic (exact) mass is 351 g/mol. The predicted molar refractivity (Wildman–Crippen MR) is 89.8 cm³/mol. The fourth-order valence-corrected chi connectivity index (χ4v) is 3.57. The number of aromatic nitrogens is 2. The number of hydrogen-bond donors (Lipinski definition) is 1. The number of para-hydroxylation sites is 2. The summed E-state index contributed by atoms with van der Waals surface area (Å²) in [5.41, 5.74) is 2.46. The highest BCUT2D eigenvalue weighted by atomic mass is 32.2. The van der Waals surface area contributed by atoms with Gasteiger partial charge in [0.05, 0.1) is 23.0 Å². The summed E-state index contributed by atoms with van der Waals surface area (Å²) in [5.74, 6) is 0. The maximum atomic E-state index is 12.8. The molecule has 0 amide bonds. The number of imidazole rings is 1. The molecule has 0 aliphatic carbocycles. The molecule has 7 heteroatoms. The van der Waals surface area contributed by atoms with Crippen molar-refractivity contribution in [3.63, 3.8) is 0 Å². The summed E-state index contributed by atoms with van der Waals surface area (Å²) in [4.78, 5) is 8.90. The Bertz CT molecular complexity index is 768. The lowest BCUT2D eigenvalue weighted by Gasteiger charge is -2.28. The molecule has 3 nitrogen and oxygen atoms in total. The molecular formula is C17H16F3N3S. The van der Waals surface area contributed by atoms with Crippen LogP contribution in [0.5, 0.6) is 0 Å². The first-order valence-corrected chi connectivity index (χ1v) is 8.24. The number of benzene rings is 2. The fraction of sp³-hybridized carbons (Fsp3) is 0.235. The van der Waals surface area contributed by atoms with Crippen molar-refractivity contribution >= 4 is 22.8 Å². The number of thioether (sulfide) groups is 1. The second-order valence-electron chi connectivity index (χ2n) is 5.47. The Hall–Kier alpha value is -1.99. The first-order valence-electron chi connectivity index (χ1n) is 7.36. The van der Waals surface area contributed by atoms with Gasteiger partial charge in [0.25, 0.3) is 0 Å². The van der Waals surface area contributed by atoms with E-state index in [0.29, 0.717) is 5.16 Å². The summed E-state index contributed by atoms with van der Waals surface area (Å²) >= 11 is 1.28. The van der Waals surface area contributed by atoms with E-state index in [1.54, 1.807) is 0 Å². The molecular weight excluding hydrogens is 335 g/mol. The van der Waals surface area contributed by atoms with Crippen LogP contribution in [0, 0.1) is 0 Å².